The summed E-state index contributed by atoms with van der Waals surface area (Å²) < 4.78 is 12.5. The Balaban J connectivity index is 1.77. The number of hydrogen-bond donors (Lipinski definition) is 2. The minimum Gasteiger partial charge on any atom is -0.497 e. The van der Waals surface area contributed by atoms with Crippen LogP contribution < -0.4 is 14.4 Å². The number of anilines is 2. The van der Waals surface area contributed by atoms with E-state index in [4.69, 9.17) is 14.5 Å². The lowest BCUT2D eigenvalue weighted by Gasteiger charge is -2.25. The van der Waals surface area contributed by atoms with Crippen molar-refractivity contribution in [3.63, 3.8) is 0 Å². The smallest absolute Gasteiger partial charge is 0.157 e. The van der Waals surface area contributed by atoms with Crippen molar-refractivity contribution in [2.75, 3.05) is 32.3 Å². The van der Waals surface area contributed by atoms with E-state index in [1.165, 1.54) is 0 Å². The zero-order valence-corrected chi connectivity index (χ0v) is 17.3. The van der Waals surface area contributed by atoms with Crippen molar-refractivity contribution >= 4 is 22.4 Å². The van der Waals surface area contributed by atoms with Crippen molar-refractivity contribution in [2.45, 2.75) is 6.61 Å². The fraction of sp³-hybridized carbons (Fsp3) is 0.227. The second-order valence-electron chi connectivity index (χ2n) is 6.78. The van der Waals surface area contributed by atoms with Crippen LogP contribution in [0.1, 0.15) is 5.69 Å². The van der Waals surface area contributed by atoms with Gasteiger partial charge in [0.2, 0.25) is 0 Å². The monoisotopic (exact) mass is 421 g/mol. The standard InChI is InChI=1S/C22H23N5O4/c1-30-18-7-17(8-19(10-18)31-2)27(5-6-28)16-3-4-20-21(9-16)25-22(11-23-20)26-12-15(13-29)24-14-26/h3-4,7-12,14,28-29H,5-6,13H2,1-2H3. The molecule has 4 aromatic rings. The summed E-state index contributed by atoms with van der Waals surface area (Å²) in [6, 6.07) is 11.3. The quantitative estimate of drug-likeness (QED) is 0.447. The van der Waals surface area contributed by atoms with Crippen molar-refractivity contribution in [1.29, 1.82) is 0 Å². The highest BCUT2D eigenvalue weighted by Gasteiger charge is 2.14. The lowest BCUT2D eigenvalue weighted by molar-refractivity contribution is 0.277. The van der Waals surface area contributed by atoms with Crippen LogP contribution in [-0.4, -0.2) is 57.1 Å². The van der Waals surface area contributed by atoms with Gasteiger partial charge in [-0.05, 0) is 18.2 Å². The molecule has 0 aliphatic rings. The molecule has 0 amide bonds. The maximum atomic E-state index is 9.68. The first-order valence-electron chi connectivity index (χ1n) is 9.67. The summed E-state index contributed by atoms with van der Waals surface area (Å²) in [5.41, 5.74) is 3.63. The molecule has 0 saturated heterocycles. The molecule has 2 aromatic carbocycles. The van der Waals surface area contributed by atoms with Crippen LogP contribution in [0, 0.1) is 0 Å². The summed E-state index contributed by atoms with van der Waals surface area (Å²) >= 11 is 0. The van der Waals surface area contributed by atoms with Gasteiger partial charge in [-0.2, -0.15) is 0 Å². The number of fused-ring (bicyclic) bond motifs is 1. The number of benzene rings is 2. The molecule has 0 spiro atoms. The van der Waals surface area contributed by atoms with Crippen LogP contribution in [0.2, 0.25) is 0 Å². The Morgan fingerprint density at radius 2 is 1.71 bits per heavy atom. The molecule has 0 bridgehead atoms. The highest BCUT2D eigenvalue weighted by atomic mass is 16.5. The zero-order valence-electron chi connectivity index (χ0n) is 17.3. The van der Waals surface area contributed by atoms with Crippen LogP contribution in [-0.2, 0) is 6.61 Å². The summed E-state index contributed by atoms with van der Waals surface area (Å²) in [5.74, 6) is 1.90. The van der Waals surface area contributed by atoms with Gasteiger partial charge in [0.25, 0.3) is 0 Å². The molecule has 0 aliphatic carbocycles. The second kappa shape index (κ2) is 8.99. The lowest BCUT2D eigenvalue weighted by atomic mass is 10.2. The van der Waals surface area contributed by atoms with Gasteiger partial charge in [-0.25, -0.2) is 9.97 Å². The topological polar surface area (TPSA) is 106 Å². The normalized spacial score (nSPS) is 11.0. The van der Waals surface area contributed by atoms with Crippen LogP contribution >= 0.6 is 0 Å². The minimum absolute atomic E-state index is 0.0394. The molecule has 160 valence electrons. The van der Waals surface area contributed by atoms with Gasteiger partial charge in [0.1, 0.15) is 17.8 Å². The van der Waals surface area contributed by atoms with Gasteiger partial charge in [0.05, 0.1) is 50.4 Å². The molecule has 2 aromatic heterocycles. The van der Waals surface area contributed by atoms with E-state index < -0.39 is 0 Å². The lowest BCUT2D eigenvalue weighted by Crippen LogP contribution is -2.21. The van der Waals surface area contributed by atoms with Crippen molar-refractivity contribution < 1.29 is 19.7 Å². The molecule has 2 heterocycles. The number of nitrogens with zero attached hydrogens (tertiary/aromatic N) is 5. The largest absolute Gasteiger partial charge is 0.497 e. The summed E-state index contributed by atoms with van der Waals surface area (Å²) in [5, 5.41) is 18.9. The Hall–Kier alpha value is -3.69. The number of imidazole rings is 1. The van der Waals surface area contributed by atoms with E-state index in [2.05, 4.69) is 9.97 Å². The van der Waals surface area contributed by atoms with E-state index in [-0.39, 0.29) is 13.2 Å². The van der Waals surface area contributed by atoms with Crippen LogP contribution in [0.3, 0.4) is 0 Å². The third-order valence-corrected chi connectivity index (χ3v) is 4.86. The number of hydrogen-bond acceptors (Lipinski definition) is 8. The van der Waals surface area contributed by atoms with Gasteiger partial charge in [-0.3, -0.25) is 9.55 Å². The molecule has 4 rings (SSSR count). The van der Waals surface area contributed by atoms with E-state index in [9.17, 15) is 10.2 Å². The first-order valence-corrected chi connectivity index (χ1v) is 9.67. The van der Waals surface area contributed by atoms with E-state index in [1.54, 1.807) is 43.6 Å². The minimum atomic E-state index is -0.141. The fourth-order valence-electron chi connectivity index (χ4n) is 3.31. The van der Waals surface area contributed by atoms with Crippen LogP contribution in [0.5, 0.6) is 11.5 Å². The molecule has 2 N–H and O–H groups in total. The number of ether oxygens (including phenoxy) is 2. The molecule has 0 atom stereocenters. The SMILES string of the molecule is COc1cc(OC)cc(N(CCO)c2ccc3ncc(-n4cnc(CO)c4)nc3c2)c1. The summed E-state index contributed by atoms with van der Waals surface area (Å²) in [6.45, 7) is 0.191. The molecule has 9 nitrogen and oxygen atoms in total. The predicted octanol–water partition coefficient (Wildman–Crippen LogP) is 2.46. The molecule has 0 fully saturated rings. The Morgan fingerprint density at radius 3 is 2.35 bits per heavy atom. The van der Waals surface area contributed by atoms with Gasteiger partial charge in [-0.15, -0.1) is 0 Å². The molecular formula is C22H23N5O4. The van der Waals surface area contributed by atoms with E-state index in [0.29, 0.717) is 35.1 Å². The molecule has 0 radical (unpaired) electrons. The molecular weight excluding hydrogens is 398 g/mol. The number of aromatic nitrogens is 4. The molecule has 9 heteroatoms. The zero-order chi connectivity index (χ0) is 21.8. The fourth-order valence-corrected chi connectivity index (χ4v) is 3.31. The maximum Gasteiger partial charge on any atom is 0.157 e. The second-order valence-corrected chi connectivity index (χ2v) is 6.78. The third-order valence-electron chi connectivity index (χ3n) is 4.86. The Bertz CT molecular complexity index is 1170. The van der Waals surface area contributed by atoms with Crippen LogP contribution in [0.15, 0.2) is 55.1 Å². The van der Waals surface area contributed by atoms with Crippen molar-refractivity contribution in [3.05, 3.63) is 60.8 Å². The van der Waals surface area contributed by atoms with Crippen LogP contribution in [0.4, 0.5) is 11.4 Å². The number of aliphatic hydroxyl groups is 2. The van der Waals surface area contributed by atoms with Crippen molar-refractivity contribution in [3.8, 4) is 17.3 Å². The van der Waals surface area contributed by atoms with Gasteiger partial charge in [0, 0.05) is 42.3 Å². The van der Waals surface area contributed by atoms with Crippen molar-refractivity contribution in [1.82, 2.24) is 19.5 Å². The maximum absolute atomic E-state index is 9.68. The average Bonchev–Trinajstić information content (AvgIpc) is 3.31. The Labute approximate surface area is 179 Å². The summed E-state index contributed by atoms with van der Waals surface area (Å²) in [7, 11) is 3.20. The number of aliphatic hydroxyl groups excluding tert-OH is 2. The molecule has 0 unspecified atom stereocenters. The Morgan fingerprint density at radius 1 is 0.935 bits per heavy atom. The molecule has 0 aliphatic heterocycles. The first kappa shape index (κ1) is 20.6. The number of methoxy groups -OCH3 is 2. The predicted molar refractivity (Wildman–Crippen MR) is 116 cm³/mol. The summed E-state index contributed by atoms with van der Waals surface area (Å²) in [4.78, 5) is 15.3. The van der Waals surface area contributed by atoms with E-state index >= 15 is 0 Å². The summed E-state index contributed by atoms with van der Waals surface area (Å²) in [6.07, 6.45) is 4.95. The average molecular weight is 421 g/mol. The molecule has 31 heavy (non-hydrogen) atoms. The third kappa shape index (κ3) is 4.27. The number of rotatable bonds is 8. The highest BCUT2D eigenvalue weighted by molar-refractivity contribution is 5.81. The van der Waals surface area contributed by atoms with Gasteiger partial charge in [-0.1, -0.05) is 0 Å². The first-order chi connectivity index (χ1) is 15.1. The van der Waals surface area contributed by atoms with Gasteiger partial charge >= 0.3 is 0 Å². The highest BCUT2D eigenvalue weighted by Crippen LogP contribution is 2.33. The van der Waals surface area contributed by atoms with E-state index in [1.807, 2.05) is 35.2 Å². The van der Waals surface area contributed by atoms with E-state index in [0.717, 1.165) is 16.9 Å². The Kier molecular flexibility index (Phi) is 5.96. The van der Waals surface area contributed by atoms with Gasteiger partial charge < -0.3 is 24.6 Å². The van der Waals surface area contributed by atoms with Crippen LogP contribution in [0.25, 0.3) is 16.9 Å². The van der Waals surface area contributed by atoms with Crippen molar-refractivity contribution in [2.24, 2.45) is 0 Å². The molecule has 0 saturated carbocycles. The van der Waals surface area contributed by atoms with Gasteiger partial charge in [0.15, 0.2) is 5.82 Å².